The minimum Gasteiger partial charge on any atom is -0.382 e. The van der Waals surface area contributed by atoms with Crippen LogP contribution in [0.1, 0.15) is 41.7 Å². The summed E-state index contributed by atoms with van der Waals surface area (Å²) in [4.78, 5) is 21.2. The normalized spacial score (nSPS) is 20.1. The number of imidazole rings is 1. The van der Waals surface area contributed by atoms with E-state index in [2.05, 4.69) is 15.3 Å². The molecule has 1 fully saturated rings. The Morgan fingerprint density at radius 2 is 2.08 bits per heavy atom. The van der Waals surface area contributed by atoms with Crippen molar-refractivity contribution in [3.8, 4) is 5.82 Å². The lowest BCUT2D eigenvalue weighted by molar-refractivity contribution is -0.00408. The zero-order valence-corrected chi connectivity index (χ0v) is 15.4. The first kappa shape index (κ1) is 18.5. The van der Waals surface area contributed by atoms with E-state index in [-0.39, 0.29) is 18.1 Å². The smallest absolute Gasteiger partial charge is 0.251 e. The van der Waals surface area contributed by atoms with Crippen LogP contribution in [0.4, 0.5) is 0 Å². The Balaban J connectivity index is 1.56. The molecule has 2 aromatic heterocycles. The number of pyridine rings is 1. The number of carbonyl (C=O) groups excluding carboxylic acids is 1. The maximum Gasteiger partial charge on any atom is 0.251 e. The Morgan fingerprint density at radius 1 is 1.27 bits per heavy atom. The Bertz CT molecular complexity index is 710. The van der Waals surface area contributed by atoms with Gasteiger partial charge in [0.2, 0.25) is 0 Å². The summed E-state index contributed by atoms with van der Waals surface area (Å²) in [7, 11) is 1.68. The van der Waals surface area contributed by atoms with E-state index in [0.717, 1.165) is 31.4 Å². The van der Waals surface area contributed by atoms with Crippen LogP contribution in [-0.4, -0.2) is 52.9 Å². The lowest BCUT2D eigenvalue weighted by Crippen LogP contribution is -2.39. The van der Waals surface area contributed by atoms with Gasteiger partial charge >= 0.3 is 0 Å². The van der Waals surface area contributed by atoms with Crippen molar-refractivity contribution >= 4 is 5.91 Å². The van der Waals surface area contributed by atoms with Gasteiger partial charge in [0.05, 0.1) is 19.3 Å². The van der Waals surface area contributed by atoms with Crippen LogP contribution < -0.4 is 5.32 Å². The second kappa shape index (κ2) is 8.91. The third-order valence-electron chi connectivity index (χ3n) is 4.62. The van der Waals surface area contributed by atoms with Gasteiger partial charge in [-0.05, 0) is 44.7 Å². The number of aromatic nitrogens is 3. The topological polar surface area (TPSA) is 78.3 Å². The predicted molar refractivity (Wildman–Crippen MR) is 97.4 cm³/mol. The molecule has 3 rings (SSSR count). The van der Waals surface area contributed by atoms with Gasteiger partial charge in [0, 0.05) is 36.8 Å². The van der Waals surface area contributed by atoms with Crippen LogP contribution in [0.25, 0.3) is 5.82 Å². The quantitative estimate of drug-likeness (QED) is 0.768. The van der Waals surface area contributed by atoms with Gasteiger partial charge in [-0.15, -0.1) is 0 Å². The largest absolute Gasteiger partial charge is 0.382 e. The maximum atomic E-state index is 12.7. The van der Waals surface area contributed by atoms with Crippen molar-refractivity contribution in [1.29, 1.82) is 0 Å². The molecule has 0 saturated heterocycles. The molecule has 2 heterocycles. The molecule has 0 atom stereocenters. The van der Waals surface area contributed by atoms with E-state index in [4.69, 9.17) is 9.47 Å². The van der Waals surface area contributed by atoms with Gasteiger partial charge in [-0.2, -0.15) is 0 Å². The standard InChI is InChI=1S/C19H26N4O3/c1-14-11-15(12-18(21-14)23-8-7-20-13-23)19(24)22-16-3-5-17(6-4-16)26-10-9-25-2/h7-8,11-13,16-17H,3-6,9-10H2,1-2H3,(H,22,24)/t16-,17-. The van der Waals surface area contributed by atoms with Crippen LogP contribution in [0.15, 0.2) is 30.9 Å². The highest BCUT2D eigenvalue weighted by Crippen LogP contribution is 2.22. The Morgan fingerprint density at radius 3 is 2.77 bits per heavy atom. The first-order valence-corrected chi connectivity index (χ1v) is 9.04. The van der Waals surface area contributed by atoms with Gasteiger partial charge < -0.3 is 14.8 Å². The van der Waals surface area contributed by atoms with Gasteiger partial charge in [-0.3, -0.25) is 9.36 Å². The summed E-state index contributed by atoms with van der Waals surface area (Å²) in [5.74, 6) is 0.642. The highest BCUT2D eigenvalue weighted by atomic mass is 16.5. The summed E-state index contributed by atoms with van der Waals surface area (Å²) in [6.07, 6.45) is 9.24. The minimum absolute atomic E-state index is 0.0550. The van der Waals surface area contributed by atoms with E-state index < -0.39 is 0 Å². The molecule has 1 N–H and O–H groups in total. The highest BCUT2D eigenvalue weighted by Gasteiger charge is 2.23. The second-order valence-electron chi connectivity index (χ2n) is 6.64. The Hall–Kier alpha value is -2.25. The lowest BCUT2D eigenvalue weighted by atomic mass is 9.92. The third kappa shape index (κ3) is 4.89. The van der Waals surface area contributed by atoms with E-state index in [9.17, 15) is 4.79 Å². The molecule has 0 radical (unpaired) electrons. The van der Waals surface area contributed by atoms with Crippen molar-refractivity contribution in [3.05, 3.63) is 42.1 Å². The van der Waals surface area contributed by atoms with E-state index in [1.165, 1.54) is 0 Å². The summed E-state index contributed by atoms with van der Waals surface area (Å²) in [6, 6.07) is 3.80. The fourth-order valence-electron chi connectivity index (χ4n) is 3.25. The van der Waals surface area contributed by atoms with E-state index in [1.807, 2.05) is 19.2 Å². The van der Waals surface area contributed by atoms with E-state index in [1.54, 1.807) is 30.3 Å². The molecule has 0 aromatic carbocycles. The number of ether oxygens (including phenoxy) is 2. The molecule has 1 amide bonds. The van der Waals surface area contributed by atoms with Crippen molar-refractivity contribution in [3.63, 3.8) is 0 Å². The number of carbonyl (C=O) groups is 1. The molecule has 1 aliphatic carbocycles. The Kier molecular flexibility index (Phi) is 6.35. The molecule has 0 aliphatic heterocycles. The average molecular weight is 358 g/mol. The first-order chi connectivity index (χ1) is 12.7. The minimum atomic E-state index is -0.0550. The fraction of sp³-hybridized carbons (Fsp3) is 0.526. The lowest BCUT2D eigenvalue weighted by Gasteiger charge is -2.29. The molecule has 0 bridgehead atoms. The van der Waals surface area contributed by atoms with Crippen molar-refractivity contribution < 1.29 is 14.3 Å². The number of nitrogens with one attached hydrogen (secondary N) is 1. The van der Waals surface area contributed by atoms with Gasteiger partial charge in [-0.25, -0.2) is 9.97 Å². The van der Waals surface area contributed by atoms with Crippen molar-refractivity contribution in [2.45, 2.75) is 44.8 Å². The van der Waals surface area contributed by atoms with Crippen molar-refractivity contribution in [1.82, 2.24) is 19.9 Å². The molecular formula is C19H26N4O3. The molecule has 26 heavy (non-hydrogen) atoms. The van der Waals surface area contributed by atoms with E-state index >= 15 is 0 Å². The number of amides is 1. The number of methoxy groups -OCH3 is 1. The van der Waals surface area contributed by atoms with Gasteiger partial charge in [0.25, 0.3) is 5.91 Å². The molecule has 140 valence electrons. The Labute approximate surface area is 153 Å². The third-order valence-corrected chi connectivity index (χ3v) is 4.62. The summed E-state index contributed by atoms with van der Waals surface area (Å²) in [6.45, 7) is 3.14. The summed E-state index contributed by atoms with van der Waals surface area (Å²) < 4.78 is 12.6. The zero-order valence-electron chi connectivity index (χ0n) is 15.4. The zero-order chi connectivity index (χ0) is 18.4. The molecule has 0 spiro atoms. The van der Waals surface area contributed by atoms with Crippen LogP contribution in [-0.2, 0) is 9.47 Å². The first-order valence-electron chi connectivity index (χ1n) is 9.04. The number of rotatable bonds is 7. The number of nitrogens with zero attached hydrogens (tertiary/aromatic N) is 3. The predicted octanol–water partition coefficient (Wildman–Crippen LogP) is 2.28. The van der Waals surface area contributed by atoms with Gasteiger partial charge in [0.1, 0.15) is 12.1 Å². The average Bonchev–Trinajstić information content (AvgIpc) is 3.18. The highest BCUT2D eigenvalue weighted by molar-refractivity contribution is 5.94. The molecule has 1 aliphatic rings. The van der Waals surface area contributed by atoms with Gasteiger partial charge in [-0.1, -0.05) is 0 Å². The maximum absolute atomic E-state index is 12.7. The van der Waals surface area contributed by atoms with Crippen molar-refractivity contribution in [2.75, 3.05) is 20.3 Å². The molecule has 2 aromatic rings. The van der Waals surface area contributed by atoms with Crippen LogP contribution in [0.3, 0.4) is 0 Å². The molecule has 7 heteroatoms. The van der Waals surface area contributed by atoms with Crippen LogP contribution in [0, 0.1) is 6.92 Å². The SMILES string of the molecule is COCCO[C@H]1CC[C@H](NC(=O)c2cc(C)nc(-n3ccnc3)c2)CC1. The summed E-state index contributed by atoms with van der Waals surface area (Å²) in [5, 5.41) is 3.15. The van der Waals surface area contributed by atoms with Crippen LogP contribution >= 0.6 is 0 Å². The van der Waals surface area contributed by atoms with Crippen LogP contribution in [0.2, 0.25) is 0 Å². The van der Waals surface area contributed by atoms with Crippen LogP contribution in [0.5, 0.6) is 0 Å². The van der Waals surface area contributed by atoms with E-state index in [0.29, 0.717) is 24.6 Å². The monoisotopic (exact) mass is 358 g/mol. The summed E-state index contributed by atoms with van der Waals surface area (Å²) >= 11 is 0. The second-order valence-corrected chi connectivity index (χ2v) is 6.64. The summed E-state index contributed by atoms with van der Waals surface area (Å²) in [5.41, 5.74) is 1.43. The molecule has 0 unspecified atom stereocenters. The number of hydrogen-bond acceptors (Lipinski definition) is 5. The van der Waals surface area contributed by atoms with Crippen molar-refractivity contribution in [2.24, 2.45) is 0 Å². The molecule has 7 nitrogen and oxygen atoms in total. The fourth-order valence-corrected chi connectivity index (χ4v) is 3.25. The molecule has 1 saturated carbocycles. The number of hydrogen-bond donors (Lipinski definition) is 1. The molecular weight excluding hydrogens is 332 g/mol. The number of aryl methyl sites for hydroxylation is 1. The van der Waals surface area contributed by atoms with Gasteiger partial charge in [0.15, 0.2) is 0 Å².